The number of rotatable bonds is 3. The minimum Gasteiger partial charge on any atom is -0.304 e. The smallest absolute Gasteiger partial charge is 0.239 e. The van der Waals surface area contributed by atoms with E-state index in [1.165, 1.54) is 0 Å². The van der Waals surface area contributed by atoms with Crippen molar-refractivity contribution < 1.29 is 0 Å². The van der Waals surface area contributed by atoms with Crippen molar-refractivity contribution in [2.45, 2.75) is 0 Å². The van der Waals surface area contributed by atoms with E-state index in [0.717, 1.165) is 36.5 Å². The van der Waals surface area contributed by atoms with Crippen LogP contribution < -0.4 is 16.7 Å². The molecule has 2 rings (SSSR count). The lowest BCUT2D eigenvalue weighted by molar-refractivity contribution is 0.178. The molecule has 94 valence electrons. The molecule has 7 nitrogen and oxygen atoms in total. The molecule has 1 aromatic heterocycles. The second-order valence-corrected chi connectivity index (χ2v) is 4.79. The first-order valence-corrected chi connectivity index (χ1v) is 6.17. The number of likely N-dealkylation sites (N-methyl/N-ethyl adjacent to an activating group) is 1. The SMILES string of the molecule is CN1CCN(Nc2nc(NN)ncc2Br)CC1. The van der Waals surface area contributed by atoms with E-state index in [1.54, 1.807) is 6.20 Å². The van der Waals surface area contributed by atoms with Crippen LogP contribution in [0.25, 0.3) is 0 Å². The van der Waals surface area contributed by atoms with Crippen molar-refractivity contribution >= 4 is 27.7 Å². The number of hydrazine groups is 2. The van der Waals surface area contributed by atoms with Gasteiger partial charge in [-0.2, -0.15) is 4.98 Å². The highest BCUT2D eigenvalue weighted by molar-refractivity contribution is 9.10. The van der Waals surface area contributed by atoms with E-state index < -0.39 is 0 Å². The van der Waals surface area contributed by atoms with Crippen LogP contribution in [-0.4, -0.2) is 53.1 Å². The van der Waals surface area contributed by atoms with Crippen LogP contribution >= 0.6 is 15.9 Å². The topological polar surface area (TPSA) is 82.3 Å². The maximum absolute atomic E-state index is 5.28. The monoisotopic (exact) mass is 301 g/mol. The normalized spacial score (nSPS) is 18.1. The van der Waals surface area contributed by atoms with Crippen LogP contribution in [0.2, 0.25) is 0 Å². The molecule has 0 atom stereocenters. The van der Waals surface area contributed by atoms with E-state index in [-0.39, 0.29) is 0 Å². The van der Waals surface area contributed by atoms with Crippen molar-refractivity contribution in [2.24, 2.45) is 5.84 Å². The average molecular weight is 302 g/mol. The third-order valence-corrected chi connectivity index (χ3v) is 3.22. The number of nitrogens with one attached hydrogen (secondary N) is 2. The van der Waals surface area contributed by atoms with Gasteiger partial charge >= 0.3 is 0 Å². The van der Waals surface area contributed by atoms with Crippen LogP contribution in [0, 0.1) is 0 Å². The zero-order valence-corrected chi connectivity index (χ0v) is 11.2. The van der Waals surface area contributed by atoms with Crippen molar-refractivity contribution in [3.05, 3.63) is 10.7 Å². The van der Waals surface area contributed by atoms with Gasteiger partial charge in [0, 0.05) is 32.4 Å². The van der Waals surface area contributed by atoms with Crippen LogP contribution in [0.5, 0.6) is 0 Å². The van der Waals surface area contributed by atoms with Gasteiger partial charge in [0.05, 0.1) is 4.47 Å². The Labute approximate surface area is 108 Å². The number of nitrogens with zero attached hydrogens (tertiary/aromatic N) is 4. The Hall–Kier alpha value is -0.960. The van der Waals surface area contributed by atoms with Gasteiger partial charge in [0.1, 0.15) is 0 Å². The Morgan fingerprint density at radius 2 is 2.06 bits per heavy atom. The Morgan fingerprint density at radius 3 is 2.71 bits per heavy atom. The highest BCUT2D eigenvalue weighted by Crippen LogP contribution is 2.20. The summed E-state index contributed by atoms with van der Waals surface area (Å²) >= 11 is 3.41. The van der Waals surface area contributed by atoms with Gasteiger partial charge in [-0.15, -0.1) is 0 Å². The Kier molecular flexibility index (Phi) is 4.11. The first-order chi connectivity index (χ1) is 8.19. The highest BCUT2D eigenvalue weighted by atomic mass is 79.9. The summed E-state index contributed by atoms with van der Waals surface area (Å²) in [6.45, 7) is 3.99. The molecular weight excluding hydrogens is 286 g/mol. The van der Waals surface area contributed by atoms with Gasteiger partial charge in [0.25, 0.3) is 0 Å². The largest absolute Gasteiger partial charge is 0.304 e. The molecule has 1 fully saturated rings. The van der Waals surface area contributed by atoms with E-state index in [0.29, 0.717) is 5.95 Å². The Balaban J connectivity index is 2.02. The second kappa shape index (κ2) is 5.58. The number of nitrogens with two attached hydrogens (primary N) is 1. The number of piperazine rings is 1. The zero-order valence-electron chi connectivity index (χ0n) is 9.65. The molecule has 1 aliphatic rings. The molecule has 0 saturated carbocycles. The van der Waals surface area contributed by atoms with Gasteiger partial charge in [0.2, 0.25) is 5.95 Å². The summed E-state index contributed by atoms with van der Waals surface area (Å²) in [5.41, 5.74) is 5.69. The van der Waals surface area contributed by atoms with Gasteiger partial charge < -0.3 is 10.3 Å². The molecule has 0 bridgehead atoms. The molecular formula is C9H16BrN7. The van der Waals surface area contributed by atoms with Crippen LogP contribution in [0.15, 0.2) is 10.7 Å². The molecule has 8 heteroatoms. The Bertz CT molecular complexity index is 378. The maximum Gasteiger partial charge on any atom is 0.239 e. The van der Waals surface area contributed by atoms with Crippen LogP contribution in [-0.2, 0) is 0 Å². The zero-order chi connectivity index (χ0) is 12.3. The lowest BCUT2D eigenvalue weighted by Gasteiger charge is -2.32. The fourth-order valence-electron chi connectivity index (χ4n) is 1.58. The molecule has 0 aromatic carbocycles. The number of aromatic nitrogens is 2. The van der Waals surface area contributed by atoms with Crippen LogP contribution in [0.4, 0.5) is 11.8 Å². The van der Waals surface area contributed by atoms with Crippen molar-refractivity contribution in [1.29, 1.82) is 0 Å². The number of anilines is 2. The van der Waals surface area contributed by atoms with Gasteiger partial charge in [0.15, 0.2) is 5.82 Å². The molecule has 0 unspecified atom stereocenters. The molecule has 0 spiro atoms. The third kappa shape index (κ3) is 3.25. The maximum atomic E-state index is 5.28. The number of halogens is 1. The minimum absolute atomic E-state index is 0.393. The fourth-order valence-corrected chi connectivity index (χ4v) is 1.86. The quantitative estimate of drug-likeness (QED) is 0.539. The van der Waals surface area contributed by atoms with Gasteiger partial charge in [-0.25, -0.2) is 15.8 Å². The standard InChI is InChI=1S/C9H16BrN7/c1-16-2-4-17(5-3-16)15-8-7(10)6-12-9(13-8)14-11/h6H,2-5,11H2,1H3,(H2,12,13,14,15). The van der Waals surface area contributed by atoms with Gasteiger partial charge in [-0.05, 0) is 23.0 Å². The van der Waals surface area contributed by atoms with Crippen LogP contribution in [0.1, 0.15) is 0 Å². The van der Waals surface area contributed by atoms with Gasteiger partial charge in [-0.1, -0.05) is 0 Å². The van der Waals surface area contributed by atoms with Crippen molar-refractivity contribution in [3.8, 4) is 0 Å². The van der Waals surface area contributed by atoms with E-state index in [4.69, 9.17) is 5.84 Å². The van der Waals surface area contributed by atoms with E-state index in [9.17, 15) is 0 Å². The number of hydrogen-bond donors (Lipinski definition) is 3. The second-order valence-electron chi connectivity index (χ2n) is 3.94. The fraction of sp³-hybridized carbons (Fsp3) is 0.556. The summed E-state index contributed by atoms with van der Waals surface area (Å²) in [6, 6.07) is 0. The van der Waals surface area contributed by atoms with E-state index in [2.05, 4.69) is 53.7 Å². The Morgan fingerprint density at radius 1 is 1.35 bits per heavy atom. The third-order valence-electron chi connectivity index (χ3n) is 2.64. The molecule has 1 aliphatic heterocycles. The summed E-state index contributed by atoms with van der Waals surface area (Å²) in [4.78, 5) is 10.5. The van der Waals surface area contributed by atoms with E-state index in [1.807, 2.05) is 0 Å². The molecule has 2 heterocycles. The average Bonchev–Trinajstić information content (AvgIpc) is 2.35. The van der Waals surface area contributed by atoms with Crippen molar-refractivity contribution in [2.75, 3.05) is 44.1 Å². The molecule has 0 aliphatic carbocycles. The molecule has 1 saturated heterocycles. The lowest BCUT2D eigenvalue weighted by atomic mass is 10.4. The first-order valence-electron chi connectivity index (χ1n) is 5.38. The molecule has 0 radical (unpaired) electrons. The minimum atomic E-state index is 0.393. The summed E-state index contributed by atoms with van der Waals surface area (Å²) in [7, 11) is 2.12. The summed E-state index contributed by atoms with van der Waals surface area (Å²) in [5.74, 6) is 6.40. The van der Waals surface area contributed by atoms with Crippen LogP contribution in [0.3, 0.4) is 0 Å². The lowest BCUT2D eigenvalue weighted by Crippen LogP contribution is -2.47. The predicted octanol–water partition coefficient (Wildman–Crippen LogP) is 0.0990. The first kappa shape index (κ1) is 12.5. The molecule has 17 heavy (non-hydrogen) atoms. The summed E-state index contributed by atoms with van der Waals surface area (Å²) in [5, 5.41) is 2.13. The molecule has 4 N–H and O–H groups in total. The van der Waals surface area contributed by atoms with Crippen molar-refractivity contribution in [3.63, 3.8) is 0 Å². The van der Waals surface area contributed by atoms with Gasteiger partial charge in [-0.3, -0.25) is 5.43 Å². The predicted molar refractivity (Wildman–Crippen MR) is 70.2 cm³/mol. The van der Waals surface area contributed by atoms with Crippen molar-refractivity contribution in [1.82, 2.24) is 19.9 Å². The number of hydrogen-bond acceptors (Lipinski definition) is 7. The highest BCUT2D eigenvalue weighted by Gasteiger charge is 2.15. The summed E-state index contributed by atoms with van der Waals surface area (Å²) < 4.78 is 0.815. The molecule has 0 amide bonds. The van der Waals surface area contributed by atoms with E-state index >= 15 is 0 Å². The number of nitrogen functional groups attached to an aromatic ring is 1. The molecule has 1 aromatic rings. The summed E-state index contributed by atoms with van der Waals surface area (Å²) in [6.07, 6.45) is 1.67.